The second kappa shape index (κ2) is 5.44. The molecule has 0 bridgehead atoms. The Bertz CT molecular complexity index is 328. The highest BCUT2D eigenvalue weighted by molar-refractivity contribution is 5.98. The van der Waals surface area contributed by atoms with E-state index in [0.29, 0.717) is 12.0 Å². The summed E-state index contributed by atoms with van der Waals surface area (Å²) in [5, 5.41) is 0. The van der Waals surface area contributed by atoms with Gasteiger partial charge in [-0.1, -0.05) is 44.2 Å². The largest absolute Gasteiger partial charge is 0.303 e. The van der Waals surface area contributed by atoms with Crippen molar-refractivity contribution in [1.82, 2.24) is 0 Å². The molecule has 0 aliphatic rings. The molecular weight excluding hydrogens is 188 g/mol. The van der Waals surface area contributed by atoms with Crippen LogP contribution in [0.2, 0.25) is 0 Å². The first kappa shape index (κ1) is 11.6. The Hall–Kier alpha value is -1.44. The van der Waals surface area contributed by atoms with Gasteiger partial charge in [-0.05, 0) is 5.92 Å². The summed E-state index contributed by atoms with van der Waals surface area (Å²) in [5.74, 6) is 0.0745. The van der Waals surface area contributed by atoms with E-state index in [1.54, 1.807) is 12.1 Å². The second-order valence-electron chi connectivity index (χ2n) is 3.98. The maximum Gasteiger partial charge on any atom is 0.166 e. The van der Waals surface area contributed by atoms with E-state index in [2.05, 4.69) is 0 Å². The molecule has 0 N–H and O–H groups in total. The molecule has 0 saturated carbocycles. The lowest BCUT2D eigenvalue weighted by Gasteiger charge is -2.16. The lowest BCUT2D eigenvalue weighted by atomic mass is 9.86. The molecule has 1 atom stereocenters. The molecule has 1 aromatic carbocycles. The molecule has 80 valence electrons. The monoisotopic (exact) mass is 204 g/mol. The molecule has 2 heteroatoms. The molecule has 1 rings (SSSR count). The number of ketones is 1. The van der Waals surface area contributed by atoms with Crippen molar-refractivity contribution in [1.29, 1.82) is 0 Å². The van der Waals surface area contributed by atoms with Crippen LogP contribution in [0.25, 0.3) is 0 Å². The number of aldehydes is 1. The third kappa shape index (κ3) is 3.01. The third-order valence-corrected chi connectivity index (χ3v) is 2.55. The van der Waals surface area contributed by atoms with Crippen LogP contribution in [0.3, 0.4) is 0 Å². The highest BCUT2D eigenvalue weighted by atomic mass is 16.1. The molecule has 0 aliphatic carbocycles. The molecule has 0 aliphatic heterocycles. The first-order chi connectivity index (χ1) is 7.16. The standard InChI is InChI=1S/C13H16O2/c1-10(2)12(8-9-14)13(15)11-6-4-3-5-7-11/h3-7,9-10,12H,8H2,1-2H3/t12-/m0/s1. The fourth-order valence-corrected chi connectivity index (χ4v) is 1.60. The SMILES string of the molecule is CC(C)[C@H](CC=O)C(=O)c1ccccc1. The van der Waals surface area contributed by atoms with Gasteiger partial charge < -0.3 is 4.79 Å². The summed E-state index contributed by atoms with van der Waals surface area (Å²) in [4.78, 5) is 22.5. The first-order valence-electron chi connectivity index (χ1n) is 5.19. The molecule has 0 heterocycles. The average Bonchev–Trinajstić information content (AvgIpc) is 2.26. The van der Waals surface area contributed by atoms with E-state index in [1.165, 1.54) is 0 Å². The van der Waals surface area contributed by atoms with Crippen LogP contribution >= 0.6 is 0 Å². The molecule has 0 amide bonds. The molecule has 0 spiro atoms. The van der Waals surface area contributed by atoms with Crippen molar-refractivity contribution in [3.63, 3.8) is 0 Å². The predicted molar refractivity (Wildman–Crippen MR) is 59.8 cm³/mol. The quantitative estimate of drug-likeness (QED) is 0.546. The van der Waals surface area contributed by atoms with E-state index in [9.17, 15) is 9.59 Å². The van der Waals surface area contributed by atoms with E-state index in [4.69, 9.17) is 0 Å². The van der Waals surface area contributed by atoms with Gasteiger partial charge in [0.05, 0.1) is 0 Å². The van der Waals surface area contributed by atoms with Gasteiger partial charge >= 0.3 is 0 Å². The van der Waals surface area contributed by atoms with E-state index in [0.717, 1.165) is 6.29 Å². The zero-order valence-corrected chi connectivity index (χ0v) is 9.14. The molecule has 0 unspecified atom stereocenters. The van der Waals surface area contributed by atoms with Gasteiger partial charge in [0, 0.05) is 17.9 Å². The Morgan fingerprint density at radius 3 is 2.33 bits per heavy atom. The Morgan fingerprint density at radius 2 is 1.87 bits per heavy atom. The highest BCUT2D eigenvalue weighted by Gasteiger charge is 2.22. The lowest BCUT2D eigenvalue weighted by molar-refractivity contribution is -0.108. The minimum absolute atomic E-state index is 0.0673. The van der Waals surface area contributed by atoms with Crippen LogP contribution in [-0.2, 0) is 4.79 Å². The van der Waals surface area contributed by atoms with Crippen molar-refractivity contribution in [3.8, 4) is 0 Å². The zero-order chi connectivity index (χ0) is 11.3. The van der Waals surface area contributed by atoms with Gasteiger partial charge in [0.15, 0.2) is 5.78 Å². The van der Waals surface area contributed by atoms with Crippen molar-refractivity contribution < 1.29 is 9.59 Å². The molecule has 0 aromatic heterocycles. The molecule has 1 aromatic rings. The Kier molecular flexibility index (Phi) is 4.22. The molecule has 0 radical (unpaired) electrons. The second-order valence-corrected chi connectivity index (χ2v) is 3.98. The number of Topliss-reactive ketones (excluding diaryl/α,β-unsaturated/α-hetero) is 1. The van der Waals surface area contributed by atoms with Gasteiger partial charge in [0.1, 0.15) is 6.29 Å². The van der Waals surface area contributed by atoms with E-state index >= 15 is 0 Å². The van der Waals surface area contributed by atoms with Gasteiger partial charge in [-0.2, -0.15) is 0 Å². The van der Waals surface area contributed by atoms with Gasteiger partial charge in [-0.25, -0.2) is 0 Å². The van der Waals surface area contributed by atoms with Crippen molar-refractivity contribution in [2.75, 3.05) is 0 Å². The van der Waals surface area contributed by atoms with Gasteiger partial charge in [-0.15, -0.1) is 0 Å². The summed E-state index contributed by atoms with van der Waals surface area (Å²) >= 11 is 0. The van der Waals surface area contributed by atoms with Crippen molar-refractivity contribution in [3.05, 3.63) is 35.9 Å². The van der Waals surface area contributed by atoms with Crippen LogP contribution in [0, 0.1) is 11.8 Å². The minimum atomic E-state index is -0.190. The van der Waals surface area contributed by atoms with Gasteiger partial charge in [0.2, 0.25) is 0 Å². The fourth-order valence-electron chi connectivity index (χ4n) is 1.60. The van der Waals surface area contributed by atoms with Crippen LogP contribution in [0.15, 0.2) is 30.3 Å². The number of carbonyl (C=O) groups excluding carboxylic acids is 2. The summed E-state index contributed by atoms with van der Waals surface area (Å²) in [6.45, 7) is 3.93. The average molecular weight is 204 g/mol. The Labute approximate surface area is 90.3 Å². The highest BCUT2D eigenvalue weighted by Crippen LogP contribution is 2.19. The number of rotatable bonds is 5. The molecule has 15 heavy (non-hydrogen) atoms. The third-order valence-electron chi connectivity index (χ3n) is 2.55. The van der Waals surface area contributed by atoms with E-state index in [-0.39, 0.29) is 17.6 Å². The number of hydrogen-bond donors (Lipinski definition) is 0. The Balaban J connectivity index is 2.86. The topological polar surface area (TPSA) is 34.1 Å². The van der Waals surface area contributed by atoms with Crippen LogP contribution in [-0.4, -0.2) is 12.1 Å². The number of carbonyl (C=O) groups is 2. The summed E-state index contributed by atoms with van der Waals surface area (Å²) in [6.07, 6.45) is 1.14. The van der Waals surface area contributed by atoms with Crippen LogP contribution < -0.4 is 0 Å². The summed E-state index contributed by atoms with van der Waals surface area (Å²) in [7, 11) is 0. The van der Waals surface area contributed by atoms with E-state index in [1.807, 2.05) is 32.0 Å². The first-order valence-corrected chi connectivity index (χ1v) is 5.19. The maximum atomic E-state index is 12.0. The van der Waals surface area contributed by atoms with Gasteiger partial charge in [0.25, 0.3) is 0 Å². The van der Waals surface area contributed by atoms with Crippen molar-refractivity contribution in [2.24, 2.45) is 11.8 Å². The molecule has 0 fully saturated rings. The van der Waals surface area contributed by atoms with Crippen LogP contribution in [0.1, 0.15) is 30.6 Å². The molecule has 2 nitrogen and oxygen atoms in total. The molecule has 0 saturated heterocycles. The summed E-state index contributed by atoms with van der Waals surface area (Å²) < 4.78 is 0. The van der Waals surface area contributed by atoms with Crippen LogP contribution in [0.5, 0.6) is 0 Å². The lowest BCUT2D eigenvalue weighted by Crippen LogP contribution is -2.20. The smallest absolute Gasteiger partial charge is 0.166 e. The van der Waals surface area contributed by atoms with Crippen LogP contribution in [0.4, 0.5) is 0 Å². The van der Waals surface area contributed by atoms with Crippen molar-refractivity contribution in [2.45, 2.75) is 20.3 Å². The summed E-state index contributed by atoms with van der Waals surface area (Å²) in [5.41, 5.74) is 0.693. The number of benzene rings is 1. The Morgan fingerprint density at radius 1 is 1.27 bits per heavy atom. The van der Waals surface area contributed by atoms with E-state index < -0.39 is 0 Å². The molecular formula is C13H16O2. The maximum absolute atomic E-state index is 12.0. The normalized spacial score (nSPS) is 12.5. The fraction of sp³-hybridized carbons (Fsp3) is 0.385. The summed E-state index contributed by atoms with van der Waals surface area (Å²) in [6, 6.07) is 9.14. The minimum Gasteiger partial charge on any atom is -0.303 e. The predicted octanol–water partition coefficient (Wildman–Crippen LogP) is 2.73. The number of hydrogen-bond acceptors (Lipinski definition) is 2. The van der Waals surface area contributed by atoms with Gasteiger partial charge in [-0.3, -0.25) is 4.79 Å². The zero-order valence-electron chi connectivity index (χ0n) is 9.14. The van der Waals surface area contributed by atoms with Crippen molar-refractivity contribution >= 4 is 12.1 Å².